The van der Waals surface area contributed by atoms with Gasteiger partial charge in [0.2, 0.25) is 0 Å². The van der Waals surface area contributed by atoms with Gasteiger partial charge >= 0.3 is 0 Å². The minimum absolute atomic E-state index is 0.259. The number of hydrogen-bond acceptors (Lipinski definition) is 3. The maximum Gasteiger partial charge on any atom is 0.125 e. The Morgan fingerprint density at radius 1 is 1.19 bits per heavy atom. The number of halogens is 1. The van der Waals surface area contributed by atoms with Gasteiger partial charge in [0.25, 0.3) is 0 Å². The van der Waals surface area contributed by atoms with Crippen LogP contribution in [0.15, 0.2) is 42.5 Å². The number of anilines is 2. The Kier molecular flexibility index (Phi) is 3.00. The molecule has 16 heavy (non-hydrogen) atoms. The summed E-state index contributed by atoms with van der Waals surface area (Å²) in [5.41, 5.74) is 7.10. The quantitative estimate of drug-likeness (QED) is 0.830. The molecule has 0 unspecified atom stereocenters. The van der Waals surface area contributed by atoms with Crippen molar-refractivity contribution in [3.63, 3.8) is 0 Å². The Balaban J connectivity index is 2.02. The van der Waals surface area contributed by atoms with Gasteiger partial charge in [0.15, 0.2) is 0 Å². The van der Waals surface area contributed by atoms with Crippen molar-refractivity contribution in [1.82, 2.24) is 4.98 Å². The molecule has 0 amide bonds. The summed E-state index contributed by atoms with van der Waals surface area (Å²) in [6.07, 6.45) is 0. The van der Waals surface area contributed by atoms with Gasteiger partial charge in [-0.15, -0.1) is 0 Å². The summed E-state index contributed by atoms with van der Waals surface area (Å²) in [6.45, 7) is 0.522. The Morgan fingerprint density at radius 2 is 2.00 bits per heavy atom. The van der Waals surface area contributed by atoms with Crippen LogP contribution >= 0.6 is 0 Å². The van der Waals surface area contributed by atoms with Crippen molar-refractivity contribution in [1.29, 1.82) is 0 Å². The normalized spacial score (nSPS) is 10.1. The van der Waals surface area contributed by atoms with Crippen molar-refractivity contribution in [2.45, 2.75) is 6.54 Å². The zero-order chi connectivity index (χ0) is 11.4. The van der Waals surface area contributed by atoms with E-state index in [1.54, 1.807) is 18.2 Å². The molecule has 1 aromatic carbocycles. The van der Waals surface area contributed by atoms with E-state index >= 15 is 0 Å². The van der Waals surface area contributed by atoms with Gasteiger partial charge in [0.05, 0.1) is 12.2 Å². The van der Waals surface area contributed by atoms with E-state index in [4.69, 9.17) is 5.73 Å². The van der Waals surface area contributed by atoms with Gasteiger partial charge in [-0.05, 0) is 30.3 Å². The van der Waals surface area contributed by atoms with E-state index < -0.39 is 0 Å². The zero-order valence-corrected chi connectivity index (χ0v) is 8.65. The molecule has 3 N–H and O–H groups in total. The van der Waals surface area contributed by atoms with Crippen LogP contribution in [-0.4, -0.2) is 4.98 Å². The number of pyridine rings is 1. The summed E-state index contributed by atoms with van der Waals surface area (Å²) >= 11 is 0. The lowest BCUT2D eigenvalue weighted by Crippen LogP contribution is -2.03. The summed E-state index contributed by atoms with van der Waals surface area (Å²) < 4.78 is 12.9. The molecule has 0 fully saturated rings. The predicted octanol–water partition coefficient (Wildman–Crippen LogP) is 2.42. The lowest BCUT2D eigenvalue weighted by molar-refractivity contribution is 0.628. The molecule has 4 heteroatoms. The molecule has 0 atom stereocenters. The smallest absolute Gasteiger partial charge is 0.125 e. The average Bonchev–Trinajstić information content (AvgIpc) is 2.27. The molecule has 82 valence electrons. The van der Waals surface area contributed by atoms with E-state index in [1.165, 1.54) is 12.1 Å². The second kappa shape index (κ2) is 4.61. The first-order valence-corrected chi connectivity index (χ1v) is 4.95. The van der Waals surface area contributed by atoms with Crippen LogP contribution in [0, 0.1) is 5.82 Å². The van der Waals surface area contributed by atoms with Crippen LogP contribution in [-0.2, 0) is 6.54 Å². The predicted molar refractivity (Wildman–Crippen MR) is 62.4 cm³/mol. The molecule has 1 aromatic heterocycles. The zero-order valence-electron chi connectivity index (χ0n) is 8.65. The van der Waals surface area contributed by atoms with Crippen molar-refractivity contribution >= 4 is 11.5 Å². The van der Waals surface area contributed by atoms with Crippen molar-refractivity contribution in [2.75, 3.05) is 11.1 Å². The van der Waals surface area contributed by atoms with E-state index in [-0.39, 0.29) is 5.82 Å². The van der Waals surface area contributed by atoms with Gasteiger partial charge in [-0.1, -0.05) is 12.1 Å². The lowest BCUT2D eigenvalue weighted by atomic mass is 10.3. The first-order chi connectivity index (χ1) is 7.74. The first kappa shape index (κ1) is 10.4. The maximum absolute atomic E-state index is 12.9. The number of nitrogen functional groups attached to an aromatic ring is 1. The van der Waals surface area contributed by atoms with Gasteiger partial charge in [0.1, 0.15) is 11.6 Å². The fourth-order valence-corrected chi connectivity index (χ4v) is 1.39. The minimum atomic E-state index is -0.259. The molecular formula is C12H12FN3. The highest BCUT2D eigenvalue weighted by Gasteiger charge is 1.97. The third-order valence-electron chi connectivity index (χ3n) is 2.13. The van der Waals surface area contributed by atoms with Gasteiger partial charge < -0.3 is 11.1 Å². The number of nitrogens with one attached hydrogen (secondary N) is 1. The molecule has 0 aliphatic carbocycles. The van der Waals surface area contributed by atoms with Crippen LogP contribution in [0.1, 0.15) is 5.69 Å². The largest absolute Gasteiger partial charge is 0.384 e. The standard InChI is InChI=1S/C12H12FN3/c13-9-3-1-4-10(7-9)15-8-11-5-2-6-12(14)16-11/h1-7,15H,8H2,(H2,14,16). The van der Waals surface area contributed by atoms with Gasteiger partial charge in [-0.25, -0.2) is 9.37 Å². The van der Waals surface area contributed by atoms with Crippen LogP contribution in [0.2, 0.25) is 0 Å². The molecule has 0 radical (unpaired) electrons. The molecule has 0 bridgehead atoms. The molecule has 0 aliphatic heterocycles. The molecule has 0 spiro atoms. The Hall–Kier alpha value is -2.10. The van der Waals surface area contributed by atoms with E-state index in [0.717, 1.165) is 11.4 Å². The van der Waals surface area contributed by atoms with Crippen LogP contribution in [0.25, 0.3) is 0 Å². The van der Waals surface area contributed by atoms with E-state index in [2.05, 4.69) is 10.3 Å². The van der Waals surface area contributed by atoms with Crippen LogP contribution in [0.5, 0.6) is 0 Å². The molecule has 1 heterocycles. The molecule has 2 rings (SSSR count). The lowest BCUT2D eigenvalue weighted by Gasteiger charge is -2.06. The SMILES string of the molecule is Nc1cccc(CNc2cccc(F)c2)n1. The number of aromatic nitrogens is 1. The molecule has 0 saturated heterocycles. The molecule has 0 saturated carbocycles. The fourth-order valence-electron chi connectivity index (χ4n) is 1.39. The highest BCUT2D eigenvalue weighted by Crippen LogP contribution is 2.10. The topological polar surface area (TPSA) is 50.9 Å². The minimum Gasteiger partial charge on any atom is -0.384 e. The fraction of sp³-hybridized carbons (Fsp3) is 0.0833. The number of hydrogen-bond donors (Lipinski definition) is 2. The van der Waals surface area contributed by atoms with Gasteiger partial charge in [-0.2, -0.15) is 0 Å². The summed E-state index contributed by atoms with van der Waals surface area (Å²) in [6, 6.07) is 11.7. The summed E-state index contributed by atoms with van der Waals surface area (Å²) in [5, 5.41) is 3.07. The monoisotopic (exact) mass is 217 g/mol. The molecule has 0 aliphatic rings. The summed E-state index contributed by atoms with van der Waals surface area (Å²) in [4.78, 5) is 4.13. The molecule has 3 nitrogen and oxygen atoms in total. The highest BCUT2D eigenvalue weighted by atomic mass is 19.1. The van der Waals surface area contributed by atoms with Crippen molar-refractivity contribution < 1.29 is 4.39 Å². The number of nitrogens with zero attached hydrogens (tertiary/aromatic N) is 1. The second-order valence-corrected chi connectivity index (χ2v) is 3.42. The highest BCUT2D eigenvalue weighted by molar-refractivity contribution is 5.43. The number of nitrogens with two attached hydrogens (primary N) is 1. The van der Waals surface area contributed by atoms with Crippen molar-refractivity contribution in [2.24, 2.45) is 0 Å². The summed E-state index contributed by atoms with van der Waals surface area (Å²) in [7, 11) is 0. The Bertz CT molecular complexity index is 440. The van der Waals surface area contributed by atoms with Crippen LogP contribution in [0.4, 0.5) is 15.9 Å². The van der Waals surface area contributed by atoms with E-state index in [0.29, 0.717) is 12.4 Å². The first-order valence-electron chi connectivity index (χ1n) is 4.95. The number of rotatable bonds is 3. The van der Waals surface area contributed by atoms with E-state index in [9.17, 15) is 4.39 Å². The van der Waals surface area contributed by atoms with Gasteiger partial charge in [0, 0.05) is 5.69 Å². The maximum atomic E-state index is 12.9. The van der Waals surface area contributed by atoms with Gasteiger partial charge in [-0.3, -0.25) is 0 Å². The third-order valence-corrected chi connectivity index (χ3v) is 2.13. The van der Waals surface area contributed by atoms with Crippen LogP contribution in [0.3, 0.4) is 0 Å². The summed E-state index contributed by atoms with van der Waals surface area (Å²) in [5.74, 6) is 0.226. The van der Waals surface area contributed by atoms with Crippen molar-refractivity contribution in [3.05, 3.63) is 54.0 Å². The van der Waals surface area contributed by atoms with Crippen LogP contribution < -0.4 is 11.1 Å². The molecular weight excluding hydrogens is 205 g/mol. The Morgan fingerprint density at radius 3 is 2.75 bits per heavy atom. The second-order valence-electron chi connectivity index (χ2n) is 3.42. The van der Waals surface area contributed by atoms with Crippen molar-refractivity contribution in [3.8, 4) is 0 Å². The molecule has 2 aromatic rings. The Labute approximate surface area is 93.1 Å². The average molecular weight is 217 g/mol. The van der Waals surface area contributed by atoms with E-state index in [1.807, 2.05) is 12.1 Å². The third kappa shape index (κ3) is 2.70. The number of benzene rings is 1.